The van der Waals surface area contributed by atoms with Crippen molar-refractivity contribution in [2.45, 2.75) is 11.4 Å². The van der Waals surface area contributed by atoms with Crippen LogP contribution in [0.4, 0.5) is 4.39 Å². The average molecular weight is 384 g/mol. The maximum Gasteiger partial charge on any atom is 0.253 e. The van der Waals surface area contributed by atoms with Gasteiger partial charge in [-0.15, -0.1) is 0 Å². The first-order valence-corrected chi connectivity index (χ1v) is 10.0. The van der Waals surface area contributed by atoms with Gasteiger partial charge in [-0.25, -0.2) is 12.8 Å². The second-order valence-electron chi connectivity index (χ2n) is 6.03. The number of pyridine rings is 1. The first kappa shape index (κ1) is 18.7. The van der Waals surface area contributed by atoms with Crippen LogP contribution in [0.3, 0.4) is 0 Å². The van der Waals surface area contributed by atoms with Crippen LogP contribution < -0.4 is 5.32 Å². The van der Waals surface area contributed by atoms with Crippen LogP contribution in [-0.4, -0.2) is 25.6 Å². The van der Waals surface area contributed by atoms with Crippen LogP contribution in [0, 0.1) is 5.82 Å². The predicted octanol–water partition coefficient (Wildman–Crippen LogP) is 3.22. The van der Waals surface area contributed by atoms with Crippen LogP contribution in [0.15, 0.2) is 71.9 Å². The van der Waals surface area contributed by atoms with Crippen molar-refractivity contribution in [2.75, 3.05) is 6.26 Å². The Bertz CT molecular complexity index is 1080. The minimum Gasteiger partial charge on any atom is -0.348 e. The van der Waals surface area contributed by atoms with Gasteiger partial charge in [-0.1, -0.05) is 18.2 Å². The van der Waals surface area contributed by atoms with Gasteiger partial charge in [-0.05, 0) is 53.1 Å². The van der Waals surface area contributed by atoms with Gasteiger partial charge in [0.05, 0.1) is 10.5 Å². The van der Waals surface area contributed by atoms with Gasteiger partial charge in [0, 0.05) is 25.2 Å². The summed E-state index contributed by atoms with van der Waals surface area (Å²) >= 11 is 0. The average Bonchev–Trinajstić information content (AvgIpc) is 2.66. The summed E-state index contributed by atoms with van der Waals surface area (Å²) in [6, 6.07) is 13.8. The minimum absolute atomic E-state index is 0.129. The molecule has 138 valence electrons. The van der Waals surface area contributed by atoms with Crippen molar-refractivity contribution < 1.29 is 17.6 Å². The fraction of sp³-hybridized carbons (Fsp3) is 0.100. The summed E-state index contributed by atoms with van der Waals surface area (Å²) in [5.41, 5.74) is 2.16. The van der Waals surface area contributed by atoms with E-state index in [0.717, 1.165) is 6.26 Å². The molecule has 3 aromatic rings. The fourth-order valence-electron chi connectivity index (χ4n) is 2.64. The number of nitrogens with zero attached hydrogens (tertiary/aromatic N) is 1. The Morgan fingerprint density at radius 1 is 1.11 bits per heavy atom. The number of benzene rings is 2. The minimum atomic E-state index is -3.42. The number of hydrogen-bond donors (Lipinski definition) is 1. The Morgan fingerprint density at radius 2 is 1.93 bits per heavy atom. The summed E-state index contributed by atoms with van der Waals surface area (Å²) < 4.78 is 37.4. The summed E-state index contributed by atoms with van der Waals surface area (Å²) in [4.78, 5) is 16.3. The zero-order chi connectivity index (χ0) is 19.4. The number of sulfone groups is 1. The van der Waals surface area contributed by atoms with Crippen LogP contribution in [0.1, 0.15) is 15.9 Å². The SMILES string of the molecule is CS(=O)(=O)c1ccc(CNC(=O)c2cccnc2)c(-c2cccc(F)c2)c1. The molecule has 1 amide bonds. The highest BCUT2D eigenvalue weighted by Gasteiger charge is 2.14. The van der Waals surface area contributed by atoms with Gasteiger partial charge in [0.15, 0.2) is 9.84 Å². The quantitative estimate of drug-likeness (QED) is 0.733. The largest absolute Gasteiger partial charge is 0.348 e. The summed E-state index contributed by atoms with van der Waals surface area (Å²) in [5.74, 6) is -0.733. The van der Waals surface area contributed by atoms with E-state index in [1.54, 1.807) is 36.5 Å². The maximum absolute atomic E-state index is 13.7. The number of carbonyl (C=O) groups is 1. The molecule has 2 aromatic carbocycles. The van der Waals surface area contributed by atoms with Crippen molar-refractivity contribution in [2.24, 2.45) is 0 Å². The molecular weight excluding hydrogens is 367 g/mol. The van der Waals surface area contributed by atoms with Gasteiger partial charge < -0.3 is 5.32 Å². The van der Waals surface area contributed by atoms with E-state index in [1.807, 2.05) is 0 Å². The maximum atomic E-state index is 13.7. The molecule has 3 rings (SSSR count). The van der Waals surface area contributed by atoms with Crippen molar-refractivity contribution >= 4 is 15.7 Å². The molecule has 1 N–H and O–H groups in total. The topological polar surface area (TPSA) is 76.1 Å². The van der Waals surface area contributed by atoms with Crippen molar-refractivity contribution in [3.05, 3.63) is 83.9 Å². The molecule has 0 aliphatic heterocycles. The van der Waals surface area contributed by atoms with E-state index in [-0.39, 0.29) is 17.3 Å². The van der Waals surface area contributed by atoms with Crippen LogP contribution in [-0.2, 0) is 16.4 Å². The fourth-order valence-corrected chi connectivity index (χ4v) is 3.29. The standard InChI is InChI=1S/C20H17FN2O3S/c1-27(25,26)18-8-7-15(13-23-20(24)16-5-3-9-22-12-16)19(11-18)14-4-2-6-17(21)10-14/h2-12H,13H2,1H3,(H,23,24). The molecule has 0 bridgehead atoms. The van der Waals surface area contributed by atoms with E-state index in [9.17, 15) is 17.6 Å². The Hall–Kier alpha value is -3.06. The molecule has 0 radical (unpaired) electrons. The first-order valence-electron chi connectivity index (χ1n) is 8.12. The zero-order valence-electron chi connectivity index (χ0n) is 14.5. The van der Waals surface area contributed by atoms with E-state index < -0.39 is 15.7 Å². The Balaban J connectivity index is 1.95. The second kappa shape index (κ2) is 7.67. The lowest BCUT2D eigenvalue weighted by atomic mass is 9.99. The molecule has 0 atom stereocenters. The summed E-state index contributed by atoms with van der Waals surface area (Å²) in [6.45, 7) is 0.156. The molecule has 0 aliphatic rings. The third-order valence-electron chi connectivity index (χ3n) is 4.01. The predicted molar refractivity (Wildman–Crippen MR) is 100 cm³/mol. The highest BCUT2D eigenvalue weighted by Crippen LogP contribution is 2.27. The van der Waals surface area contributed by atoms with Gasteiger partial charge in [0.2, 0.25) is 0 Å². The lowest BCUT2D eigenvalue weighted by Gasteiger charge is -2.13. The van der Waals surface area contributed by atoms with Crippen LogP contribution in [0.2, 0.25) is 0 Å². The molecule has 27 heavy (non-hydrogen) atoms. The summed E-state index contributed by atoms with van der Waals surface area (Å²) in [5, 5.41) is 2.78. The molecule has 0 fully saturated rings. The third kappa shape index (κ3) is 4.57. The highest BCUT2D eigenvalue weighted by molar-refractivity contribution is 7.90. The van der Waals surface area contributed by atoms with Gasteiger partial charge >= 0.3 is 0 Å². The van der Waals surface area contributed by atoms with Crippen LogP contribution >= 0.6 is 0 Å². The molecule has 1 aromatic heterocycles. The van der Waals surface area contributed by atoms with Crippen molar-refractivity contribution in [3.63, 3.8) is 0 Å². The van der Waals surface area contributed by atoms with E-state index in [0.29, 0.717) is 22.3 Å². The molecule has 5 nitrogen and oxygen atoms in total. The number of rotatable bonds is 5. The van der Waals surface area contributed by atoms with Gasteiger partial charge in [0.1, 0.15) is 5.82 Å². The first-order chi connectivity index (χ1) is 12.8. The number of hydrogen-bond acceptors (Lipinski definition) is 4. The van der Waals surface area contributed by atoms with E-state index in [2.05, 4.69) is 10.3 Å². The number of aromatic nitrogens is 1. The van der Waals surface area contributed by atoms with E-state index >= 15 is 0 Å². The molecule has 0 saturated carbocycles. The van der Waals surface area contributed by atoms with E-state index in [4.69, 9.17) is 0 Å². The normalized spacial score (nSPS) is 11.2. The lowest BCUT2D eigenvalue weighted by molar-refractivity contribution is 0.0950. The van der Waals surface area contributed by atoms with Gasteiger partial charge in [-0.3, -0.25) is 9.78 Å². The van der Waals surface area contributed by atoms with Gasteiger partial charge in [-0.2, -0.15) is 0 Å². The van der Waals surface area contributed by atoms with Crippen molar-refractivity contribution in [1.82, 2.24) is 10.3 Å². The van der Waals surface area contributed by atoms with E-state index in [1.165, 1.54) is 30.5 Å². The number of amides is 1. The highest BCUT2D eigenvalue weighted by atomic mass is 32.2. The molecule has 0 saturated heterocycles. The molecule has 0 unspecified atom stereocenters. The molecule has 7 heteroatoms. The van der Waals surface area contributed by atoms with Crippen molar-refractivity contribution in [3.8, 4) is 11.1 Å². The smallest absolute Gasteiger partial charge is 0.253 e. The molecule has 0 spiro atoms. The summed E-state index contributed by atoms with van der Waals surface area (Å²) in [7, 11) is -3.42. The third-order valence-corrected chi connectivity index (χ3v) is 5.12. The van der Waals surface area contributed by atoms with Crippen LogP contribution in [0.5, 0.6) is 0 Å². The monoisotopic (exact) mass is 384 g/mol. The Labute approximate surface area is 156 Å². The molecule has 0 aliphatic carbocycles. The summed E-state index contributed by atoms with van der Waals surface area (Å²) in [6.07, 6.45) is 4.14. The lowest BCUT2D eigenvalue weighted by Crippen LogP contribution is -2.23. The number of halogens is 1. The Kier molecular flexibility index (Phi) is 5.32. The molecule has 1 heterocycles. The number of carbonyl (C=O) groups excluding carboxylic acids is 1. The zero-order valence-corrected chi connectivity index (χ0v) is 15.3. The van der Waals surface area contributed by atoms with Crippen molar-refractivity contribution in [1.29, 1.82) is 0 Å². The second-order valence-corrected chi connectivity index (χ2v) is 8.04. The molecular formula is C20H17FN2O3S. The number of nitrogens with one attached hydrogen (secondary N) is 1. The van der Waals surface area contributed by atoms with Gasteiger partial charge in [0.25, 0.3) is 5.91 Å². The Morgan fingerprint density at radius 3 is 2.59 bits per heavy atom. The van der Waals surface area contributed by atoms with Crippen LogP contribution in [0.25, 0.3) is 11.1 Å².